The summed E-state index contributed by atoms with van der Waals surface area (Å²) in [5.74, 6) is -0.209. The number of nitrogens with zero attached hydrogens (tertiary/aromatic N) is 2. The van der Waals surface area contributed by atoms with Crippen molar-refractivity contribution in [2.45, 2.75) is 6.42 Å². The Balaban J connectivity index is 1.92. The van der Waals surface area contributed by atoms with Crippen LogP contribution in [-0.2, 0) is 13.5 Å². The van der Waals surface area contributed by atoms with Crippen LogP contribution in [-0.4, -0.2) is 27.5 Å². The van der Waals surface area contributed by atoms with Crippen LogP contribution in [0.2, 0.25) is 0 Å². The van der Waals surface area contributed by atoms with Crippen molar-refractivity contribution in [3.8, 4) is 5.75 Å². The van der Waals surface area contributed by atoms with Gasteiger partial charge >= 0.3 is 5.97 Å². The summed E-state index contributed by atoms with van der Waals surface area (Å²) in [6, 6.07) is 11.1. The molecule has 5 heteroatoms. The number of rotatable bonds is 5. The maximum atomic E-state index is 10.8. The number of carbonyl (C=O) groups is 1. The molecule has 1 aromatic heterocycles. The number of aromatic nitrogens is 2. The molecule has 0 saturated heterocycles. The van der Waals surface area contributed by atoms with Gasteiger partial charge in [0, 0.05) is 19.2 Å². The van der Waals surface area contributed by atoms with Crippen molar-refractivity contribution in [1.29, 1.82) is 0 Å². The number of hydrogen-bond donors (Lipinski definition) is 1. The predicted molar refractivity (Wildman–Crippen MR) is 65.8 cm³/mol. The lowest BCUT2D eigenvalue weighted by molar-refractivity contribution is 0.0689. The summed E-state index contributed by atoms with van der Waals surface area (Å²) >= 11 is 0. The Labute approximate surface area is 105 Å². The quantitative estimate of drug-likeness (QED) is 0.872. The molecule has 94 valence electrons. The molecule has 0 aliphatic heterocycles. The van der Waals surface area contributed by atoms with E-state index < -0.39 is 5.97 Å². The van der Waals surface area contributed by atoms with E-state index in [1.54, 1.807) is 17.8 Å². The molecule has 1 aromatic carbocycles. The van der Waals surface area contributed by atoms with Crippen LogP contribution in [0.15, 0.2) is 36.4 Å². The van der Waals surface area contributed by atoms with Crippen molar-refractivity contribution in [2.75, 3.05) is 6.61 Å². The first-order valence-corrected chi connectivity index (χ1v) is 5.61. The Hall–Kier alpha value is -2.30. The molecule has 0 bridgehead atoms. The van der Waals surface area contributed by atoms with Gasteiger partial charge in [-0.2, -0.15) is 5.10 Å². The third-order valence-electron chi connectivity index (χ3n) is 2.57. The van der Waals surface area contributed by atoms with E-state index >= 15 is 0 Å². The minimum atomic E-state index is -1.01. The van der Waals surface area contributed by atoms with E-state index in [1.807, 2.05) is 30.3 Å². The fraction of sp³-hybridized carbons (Fsp3) is 0.231. The second-order valence-electron chi connectivity index (χ2n) is 3.86. The topological polar surface area (TPSA) is 64.4 Å². The number of aromatic carboxylic acids is 1. The summed E-state index contributed by atoms with van der Waals surface area (Å²) < 4.78 is 7.11. The minimum absolute atomic E-state index is 0.0622. The summed E-state index contributed by atoms with van der Waals surface area (Å²) in [6.07, 6.45) is 0.617. The summed E-state index contributed by atoms with van der Waals surface area (Å²) in [6.45, 7) is 0.489. The molecule has 0 saturated carbocycles. The van der Waals surface area contributed by atoms with E-state index in [-0.39, 0.29) is 5.69 Å². The van der Waals surface area contributed by atoms with Gasteiger partial charge in [0.1, 0.15) is 5.75 Å². The van der Waals surface area contributed by atoms with E-state index in [1.165, 1.54) is 0 Å². The molecule has 0 aliphatic carbocycles. The van der Waals surface area contributed by atoms with Crippen molar-refractivity contribution < 1.29 is 14.6 Å². The van der Waals surface area contributed by atoms with Crippen LogP contribution in [0.5, 0.6) is 5.75 Å². The lowest BCUT2D eigenvalue weighted by Crippen LogP contribution is -2.05. The van der Waals surface area contributed by atoms with E-state index in [2.05, 4.69) is 5.10 Å². The molecule has 1 heterocycles. The van der Waals surface area contributed by atoms with Crippen molar-refractivity contribution >= 4 is 5.97 Å². The number of benzene rings is 1. The van der Waals surface area contributed by atoms with Crippen molar-refractivity contribution in [1.82, 2.24) is 9.78 Å². The zero-order valence-corrected chi connectivity index (χ0v) is 10.0. The molecule has 0 unspecified atom stereocenters. The Morgan fingerprint density at radius 1 is 1.39 bits per heavy atom. The molecule has 0 spiro atoms. The number of carboxylic acids is 1. The van der Waals surface area contributed by atoms with Gasteiger partial charge in [0.15, 0.2) is 5.69 Å². The van der Waals surface area contributed by atoms with E-state index in [4.69, 9.17) is 9.84 Å². The number of ether oxygens (including phenoxy) is 1. The van der Waals surface area contributed by atoms with Gasteiger partial charge in [-0.3, -0.25) is 4.68 Å². The average Bonchev–Trinajstić information content (AvgIpc) is 2.73. The van der Waals surface area contributed by atoms with Gasteiger partial charge in [-0.05, 0) is 18.2 Å². The van der Waals surface area contributed by atoms with Crippen LogP contribution in [0.25, 0.3) is 0 Å². The first kappa shape index (κ1) is 12.2. The monoisotopic (exact) mass is 246 g/mol. The van der Waals surface area contributed by atoms with Gasteiger partial charge in [0.25, 0.3) is 0 Å². The second kappa shape index (κ2) is 5.35. The average molecular weight is 246 g/mol. The largest absolute Gasteiger partial charge is 0.493 e. The molecule has 5 nitrogen and oxygen atoms in total. The molecule has 0 radical (unpaired) electrons. The van der Waals surface area contributed by atoms with Crippen molar-refractivity contribution in [3.05, 3.63) is 47.8 Å². The van der Waals surface area contributed by atoms with Gasteiger partial charge < -0.3 is 9.84 Å². The van der Waals surface area contributed by atoms with Gasteiger partial charge in [-0.25, -0.2) is 4.79 Å². The highest BCUT2D eigenvalue weighted by molar-refractivity contribution is 5.85. The molecule has 18 heavy (non-hydrogen) atoms. The van der Waals surface area contributed by atoms with Crippen molar-refractivity contribution in [2.24, 2.45) is 7.05 Å². The fourth-order valence-corrected chi connectivity index (χ4v) is 1.63. The van der Waals surface area contributed by atoms with Crippen LogP contribution < -0.4 is 4.74 Å². The van der Waals surface area contributed by atoms with Crippen LogP contribution >= 0.6 is 0 Å². The molecular formula is C13H14N2O3. The Morgan fingerprint density at radius 3 is 2.72 bits per heavy atom. The van der Waals surface area contributed by atoms with E-state index in [0.717, 1.165) is 11.4 Å². The molecule has 0 aliphatic rings. The first-order chi connectivity index (χ1) is 8.66. The predicted octanol–water partition coefficient (Wildman–Crippen LogP) is 1.74. The third-order valence-corrected chi connectivity index (χ3v) is 2.57. The lowest BCUT2D eigenvalue weighted by atomic mass is 10.3. The number of hydrogen-bond acceptors (Lipinski definition) is 3. The smallest absolute Gasteiger partial charge is 0.356 e. The molecule has 1 N–H and O–H groups in total. The number of aryl methyl sites for hydroxylation is 1. The lowest BCUT2D eigenvalue weighted by Gasteiger charge is -2.05. The Bertz CT molecular complexity index is 534. The Kier molecular flexibility index (Phi) is 3.62. The zero-order chi connectivity index (χ0) is 13.0. The highest BCUT2D eigenvalue weighted by Gasteiger charge is 2.10. The van der Waals surface area contributed by atoms with E-state index in [9.17, 15) is 4.79 Å². The van der Waals surface area contributed by atoms with Gasteiger partial charge in [0.2, 0.25) is 0 Å². The van der Waals surface area contributed by atoms with Crippen LogP contribution in [0.4, 0.5) is 0 Å². The number of para-hydroxylation sites is 1. The minimum Gasteiger partial charge on any atom is -0.493 e. The molecule has 2 rings (SSSR count). The maximum Gasteiger partial charge on any atom is 0.356 e. The van der Waals surface area contributed by atoms with E-state index in [0.29, 0.717) is 13.0 Å². The number of carboxylic acid groups (broad SMARTS) is 1. The summed E-state index contributed by atoms with van der Waals surface area (Å²) in [5.41, 5.74) is 0.899. The highest BCUT2D eigenvalue weighted by atomic mass is 16.5. The van der Waals surface area contributed by atoms with Crippen molar-refractivity contribution in [3.63, 3.8) is 0 Å². The zero-order valence-electron chi connectivity index (χ0n) is 10.0. The van der Waals surface area contributed by atoms with Crippen LogP contribution in [0.3, 0.4) is 0 Å². The summed E-state index contributed by atoms with van der Waals surface area (Å²) in [4.78, 5) is 10.8. The molecule has 0 fully saturated rings. The molecule has 2 aromatic rings. The van der Waals surface area contributed by atoms with Gasteiger partial charge in [-0.1, -0.05) is 18.2 Å². The molecular weight excluding hydrogens is 232 g/mol. The van der Waals surface area contributed by atoms with Gasteiger partial charge in [-0.15, -0.1) is 0 Å². The SMILES string of the molecule is Cn1nc(C(=O)O)cc1CCOc1ccccc1. The highest BCUT2D eigenvalue weighted by Crippen LogP contribution is 2.10. The Morgan fingerprint density at radius 2 is 2.11 bits per heavy atom. The third kappa shape index (κ3) is 2.88. The molecule has 0 atom stereocenters. The first-order valence-electron chi connectivity index (χ1n) is 5.61. The fourth-order valence-electron chi connectivity index (χ4n) is 1.63. The van der Waals surface area contributed by atoms with Gasteiger partial charge in [0.05, 0.1) is 6.61 Å². The second-order valence-corrected chi connectivity index (χ2v) is 3.86. The van der Waals surface area contributed by atoms with Crippen LogP contribution in [0, 0.1) is 0 Å². The van der Waals surface area contributed by atoms with Crippen LogP contribution in [0.1, 0.15) is 16.2 Å². The summed E-state index contributed by atoms with van der Waals surface area (Å²) in [7, 11) is 1.73. The normalized spacial score (nSPS) is 10.3. The summed E-state index contributed by atoms with van der Waals surface area (Å²) in [5, 5.41) is 12.7. The molecule has 0 amide bonds. The maximum absolute atomic E-state index is 10.8. The standard InChI is InChI=1S/C13H14N2O3/c1-15-10(9-12(14-15)13(16)17)7-8-18-11-5-3-2-4-6-11/h2-6,9H,7-8H2,1H3,(H,16,17).